The van der Waals surface area contributed by atoms with Gasteiger partial charge in [-0.1, -0.05) is 35.3 Å². The van der Waals surface area contributed by atoms with E-state index in [-0.39, 0.29) is 6.04 Å². The van der Waals surface area contributed by atoms with E-state index in [9.17, 15) is 0 Å². The van der Waals surface area contributed by atoms with Crippen LogP contribution in [0.15, 0.2) is 30.3 Å². The summed E-state index contributed by atoms with van der Waals surface area (Å²) in [6, 6.07) is 10.2. The average Bonchev–Trinajstić information content (AvgIpc) is 2.69. The number of ether oxygens (including phenoxy) is 1. The van der Waals surface area contributed by atoms with E-state index in [1.54, 1.807) is 7.11 Å². The molecule has 2 nitrogen and oxygen atoms in total. The Kier molecular flexibility index (Phi) is 5.11. The largest absolute Gasteiger partial charge is 0.380 e. The number of halogens is 2. The van der Waals surface area contributed by atoms with Crippen LogP contribution in [0.1, 0.15) is 24.1 Å². The molecule has 0 saturated carbocycles. The first-order valence-corrected chi connectivity index (χ1v) is 7.46. The summed E-state index contributed by atoms with van der Waals surface area (Å²) in [6.45, 7) is 2.67. The van der Waals surface area contributed by atoms with E-state index < -0.39 is 0 Å². The molecule has 1 N–H and O–H groups in total. The standard InChI is InChI=1S/C14H15Cl2NOS/c1-9(12-7-13(15)19-14(12)16)17-11-5-3-4-10(6-11)8-18-2/h3-7,9,17H,8H2,1-2H3. The highest BCUT2D eigenvalue weighted by molar-refractivity contribution is 7.20. The normalized spacial score (nSPS) is 12.4. The Bertz CT molecular complexity index is 556. The minimum atomic E-state index is 0.106. The molecule has 1 unspecified atom stereocenters. The molecule has 0 aliphatic carbocycles. The van der Waals surface area contributed by atoms with Crippen molar-refractivity contribution < 1.29 is 4.74 Å². The number of thiophene rings is 1. The van der Waals surface area contributed by atoms with Crippen LogP contribution in [0.3, 0.4) is 0 Å². The Hall–Kier alpha value is -0.740. The zero-order valence-corrected chi connectivity index (χ0v) is 13.1. The summed E-state index contributed by atoms with van der Waals surface area (Å²) < 4.78 is 6.57. The van der Waals surface area contributed by atoms with Crippen LogP contribution in [-0.4, -0.2) is 7.11 Å². The second-order valence-electron chi connectivity index (χ2n) is 4.28. The van der Waals surface area contributed by atoms with E-state index >= 15 is 0 Å². The van der Waals surface area contributed by atoms with E-state index in [4.69, 9.17) is 27.9 Å². The molecule has 0 saturated heterocycles. The predicted molar refractivity (Wildman–Crippen MR) is 83.5 cm³/mol. The van der Waals surface area contributed by atoms with Gasteiger partial charge in [0.2, 0.25) is 0 Å². The molecule has 19 heavy (non-hydrogen) atoms. The van der Waals surface area contributed by atoms with Gasteiger partial charge < -0.3 is 10.1 Å². The van der Waals surface area contributed by atoms with Gasteiger partial charge in [0.05, 0.1) is 21.3 Å². The van der Waals surface area contributed by atoms with Crippen LogP contribution in [-0.2, 0) is 11.3 Å². The third kappa shape index (κ3) is 3.86. The van der Waals surface area contributed by atoms with Crippen molar-refractivity contribution >= 4 is 40.2 Å². The summed E-state index contributed by atoms with van der Waals surface area (Å²) in [5.74, 6) is 0. The summed E-state index contributed by atoms with van der Waals surface area (Å²) in [5, 5.41) is 3.42. The van der Waals surface area contributed by atoms with Crippen molar-refractivity contribution in [3.05, 3.63) is 50.1 Å². The van der Waals surface area contributed by atoms with Crippen LogP contribution >= 0.6 is 34.5 Å². The first-order valence-electron chi connectivity index (χ1n) is 5.89. The topological polar surface area (TPSA) is 21.3 Å². The van der Waals surface area contributed by atoms with E-state index in [0.29, 0.717) is 10.9 Å². The van der Waals surface area contributed by atoms with E-state index in [0.717, 1.165) is 21.2 Å². The number of hydrogen-bond donors (Lipinski definition) is 1. The number of benzene rings is 1. The first-order chi connectivity index (χ1) is 9.10. The third-order valence-corrected chi connectivity index (χ3v) is 4.29. The fourth-order valence-corrected chi connectivity index (χ4v) is 3.54. The van der Waals surface area contributed by atoms with Crippen LogP contribution in [0, 0.1) is 0 Å². The van der Waals surface area contributed by atoms with E-state index in [1.165, 1.54) is 11.3 Å². The number of methoxy groups -OCH3 is 1. The zero-order valence-electron chi connectivity index (χ0n) is 10.7. The van der Waals surface area contributed by atoms with Crippen molar-refractivity contribution in [2.75, 3.05) is 12.4 Å². The van der Waals surface area contributed by atoms with Gasteiger partial charge in [-0.3, -0.25) is 0 Å². The van der Waals surface area contributed by atoms with Gasteiger partial charge in [-0.05, 0) is 30.7 Å². The minimum Gasteiger partial charge on any atom is -0.380 e. The fourth-order valence-electron chi connectivity index (χ4n) is 1.89. The van der Waals surface area contributed by atoms with Crippen LogP contribution in [0.5, 0.6) is 0 Å². The summed E-state index contributed by atoms with van der Waals surface area (Å²) in [6.07, 6.45) is 0. The van der Waals surface area contributed by atoms with E-state index in [2.05, 4.69) is 18.3 Å². The maximum absolute atomic E-state index is 6.16. The number of anilines is 1. The molecule has 102 valence electrons. The number of rotatable bonds is 5. The predicted octanol–water partition coefficient (Wildman–Crippen LogP) is 5.37. The lowest BCUT2D eigenvalue weighted by molar-refractivity contribution is 0.185. The molecule has 1 heterocycles. The summed E-state index contributed by atoms with van der Waals surface area (Å²) in [5.41, 5.74) is 3.20. The molecule has 2 rings (SSSR count). The van der Waals surface area contributed by atoms with Gasteiger partial charge in [-0.25, -0.2) is 0 Å². The molecule has 1 aromatic carbocycles. The van der Waals surface area contributed by atoms with Gasteiger partial charge in [0.15, 0.2) is 0 Å². The molecule has 1 atom stereocenters. The van der Waals surface area contributed by atoms with Crippen molar-refractivity contribution in [3.8, 4) is 0 Å². The molecule has 5 heteroatoms. The molecular weight excluding hydrogens is 301 g/mol. The van der Waals surface area contributed by atoms with Crippen LogP contribution in [0.25, 0.3) is 0 Å². The lowest BCUT2D eigenvalue weighted by Gasteiger charge is -2.15. The third-order valence-electron chi connectivity index (χ3n) is 2.77. The van der Waals surface area contributed by atoms with Gasteiger partial charge in [-0.15, -0.1) is 11.3 Å². The van der Waals surface area contributed by atoms with Gasteiger partial charge >= 0.3 is 0 Å². The van der Waals surface area contributed by atoms with Gasteiger partial charge in [0, 0.05) is 18.4 Å². The van der Waals surface area contributed by atoms with Crippen LogP contribution in [0.2, 0.25) is 8.67 Å². The Morgan fingerprint density at radius 2 is 2.11 bits per heavy atom. The highest BCUT2D eigenvalue weighted by Crippen LogP contribution is 2.36. The smallest absolute Gasteiger partial charge is 0.0996 e. The zero-order chi connectivity index (χ0) is 13.8. The molecule has 0 aliphatic heterocycles. The maximum Gasteiger partial charge on any atom is 0.0996 e. The average molecular weight is 316 g/mol. The quantitative estimate of drug-likeness (QED) is 0.800. The SMILES string of the molecule is COCc1cccc(NC(C)c2cc(Cl)sc2Cl)c1. The molecule has 0 spiro atoms. The van der Waals surface area contributed by atoms with Crippen molar-refractivity contribution in [2.24, 2.45) is 0 Å². The van der Waals surface area contributed by atoms with Crippen molar-refractivity contribution in [2.45, 2.75) is 19.6 Å². The van der Waals surface area contributed by atoms with Crippen molar-refractivity contribution in [1.82, 2.24) is 0 Å². The highest BCUT2D eigenvalue weighted by atomic mass is 35.5. The lowest BCUT2D eigenvalue weighted by Crippen LogP contribution is -2.06. The summed E-state index contributed by atoms with van der Waals surface area (Å²) in [4.78, 5) is 0. The molecule has 1 aromatic heterocycles. The molecule has 0 bridgehead atoms. The molecular formula is C14H15Cl2NOS. The highest BCUT2D eigenvalue weighted by Gasteiger charge is 2.13. The molecule has 0 aliphatic rings. The Morgan fingerprint density at radius 1 is 1.32 bits per heavy atom. The maximum atomic E-state index is 6.16. The Morgan fingerprint density at radius 3 is 2.74 bits per heavy atom. The van der Waals surface area contributed by atoms with Gasteiger partial charge in [0.25, 0.3) is 0 Å². The summed E-state index contributed by atoms with van der Waals surface area (Å²) >= 11 is 13.5. The second kappa shape index (κ2) is 6.62. The second-order valence-corrected chi connectivity index (χ2v) is 6.56. The lowest BCUT2D eigenvalue weighted by atomic mass is 10.1. The number of nitrogens with one attached hydrogen (secondary N) is 1. The van der Waals surface area contributed by atoms with Crippen LogP contribution < -0.4 is 5.32 Å². The molecule has 0 fully saturated rings. The molecule has 0 amide bonds. The van der Waals surface area contributed by atoms with Crippen molar-refractivity contribution in [3.63, 3.8) is 0 Å². The minimum absolute atomic E-state index is 0.106. The Labute approximate surface area is 127 Å². The first kappa shape index (κ1) is 14.7. The van der Waals surface area contributed by atoms with Gasteiger partial charge in [-0.2, -0.15) is 0 Å². The number of hydrogen-bond acceptors (Lipinski definition) is 3. The monoisotopic (exact) mass is 315 g/mol. The van der Waals surface area contributed by atoms with E-state index in [1.807, 2.05) is 24.3 Å². The Balaban J connectivity index is 2.12. The van der Waals surface area contributed by atoms with Crippen molar-refractivity contribution in [1.29, 1.82) is 0 Å². The molecule has 0 radical (unpaired) electrons. The van der Waals surface area contributed by atoms with Gasteiger partial charge in [0.1, 0.15) is 0 Å². The summed E-state index contributed by atoms with van der Waals surface area (Å²) in [7, 11) is 1.69. The van der Waals surface area contributed by atoms with Crippen LogP contribution in [0.4, 0.5) is 5.69 Å². The fraction of sp³-hybridized carbons (Fsp3) is 0.286. The molecule has 2 aromatic rings.